The second-order valence-corrected chi connectivity index (χ2v) is 6.71. The molecule has 1 fully saturated rings. The van der Waals surface area contributed by atoms with Crippen LogP contribution in [0.1, 0.15) is 35.5 Å². The van der Waals surface area contributed by atoms with E-state index in [4.69, 9.17) is 9.47 Å². The molecule has 0 bridgehead atoms. The molecular formula is C19H20FN3O7. The van der Waals surface area contributed by atoms with E-state index < -0.39 is 54.0 Å². The number of carbonyl (C=O) groups is 2. The first kappa shape index (κ1) is 21.4. The van der Waals surface area contributed by atoms with Crippen LogP contribution < -0.4 is 16.6 Å². The van der Waals surface area contributed by atoms with Crippen LogP contribution in [0.15, 0.2) is 40.1 Å². The van der Waals surface area contributed by atoms with E-state index in [0.29, 0.717) is 5.56 Å². The lowest BCUT2D eigenvalue weighted by Crippen LogP contribution is -2.38. The number of benzene rings is 1. The maximum Gasteiger partial charge on any atom is 0.330 e. The van der Waals surface area contributed by atoms with Crippen LogP contribution in [-0.2, 0) is 20.8 Å². The van der Waals surface area contributed by atoms with Gasteiger partial charge in [-0.2, -0.15) is 0 Å². The smallest absolute Gasteiger partial charge is 0.330 e. The Morgan fingerprint density at radius 1 is 1.33 bits per heavy atom. The average Bonchev–Trinajstić information content (AvgIpc) is 3.09. The van der Waals surface area contributed by atoms with Gasteiger partial charge in [0.1, 0.15) is 29.8 Å². The number of aromatic nitrogens is 2. The standard InChI is InChI=1S/C19H20FN3O7/c1-10(25)29-14-6-16(30-15(14)9-24)23-8-13(18(27)22-19(23)28)17(26)21-7-11-2-4-12(20)5-3-11/h2-5,8,14-16,24H,6-7,9H2,1H3,(H,21,26)(H,22,27,28). The number of nitrogens with one attached hydrogen (secondary N) is 2. The summed E-state index contributed by atoms with van der Waals surface area (Å²) < 4.78 is 24.6. The van der Waals surface area contributed by atoms with Gasteiger partial charge in [0.05, 0.1) is 6.61 Å². The van der Waals surface area contributed by atoms with E-state index in [-0.39, 0.29) is 18.5 Å². The zero-order chi connectivity index (χ0) is 21.8. The van der Waals surface area contributed by atoms with Gasteiger partial charge in [0, 0.05) is 26.1 Å². The molecule has 1 amide bonds. The van der Waals surface area contributed by atoms with E-state index in [1.165, 1.54) is 31.2 Å². The number of aliphatic hydroxyl groups is 1. The molecular weight excluding hydrogens is 401 g/mol. The third-order valence-corrected chi connectivity index (χ3v) is 4.57. The molecule has 0 spiro atoms. The van der Waals surface area contributed by atoms with Crippen LogP contribution >= 0.6 is 0 Å². The summed E-state index contributed by atoms with van der Waals surface area (Å²) in [5.41, 5.74) is -1.43. The van der Waals surface area contributed by atoms with E-state index in [9.17, 15) is 28.7 Å². The summed E-state index contributed by atoms with van der Waals surface area (Å²) in [4.78, 5) is 50.0. The van der Waals surface area contributed by atoms with E-state index >= 15 is 0 Å². The van der Waals surface area contributed by atoms with Gasteiger partial charge in [-0.1, -0.05) is 12.1 Å². The number of esters is 1. The van der Waals surface area contributed by atoms with E-state index in [1.54, 1.807) is 0 Å². The Labute approximate surface area is 169 Å². The molecule has 3 rings (SSSR count). The molecule has 3 N–H and O–H groups in total. The third kappa shape index (κ3) is 4.81. The van der Waals surface area contributed by atoms with Crippen LogP contribution in [0.3, 0.4) is 0 Å². The normalized spacial score (nSPS) is 20.7. The molecule has 10 nitrogen and oxygen atoms in total. The number of hydrogen-bond acceptors (Lipinski definition) is 7. The minimum atomic E-state index is -0.959. The molecule has 0 radical (unpaired) electrons. The number of ether oxygens (including phenoxy) is 2. The third-order valence-electron chi connectivity index (χ3n) is 4.57. The molecule has 3 atom stereocenters. The molecule has 1 saturated heterocycles. The lowest BCUT2D eigenvalue weighted by atomic mass is 10.2. The van der Waals surface area contributed by atoms with Gasteiger partial charge >= 0.3 is 11.7 Å². The summed E-state index contributed by atoms with van der Waals surface area (Å²) in [5.74, 6) is -1.74. The molecule has 160 valence electrons. The monoisotopic (exact) mass is 421 g/mol. The fourth-order valence-corrected chi connectivity index (χ4v) is 3.11. The summed E-state index contributed by atoms with van der Waals surface area (Å²) >= 11 is 0. The van der Waals surface area contributed by atoms with Gasteiger partial charge < -0.3 is 19.9 Å². The summed E-state index contributed by atoms with van der Waals surface area (Å²) in [6, 6.07) is 5.45. The Hall–Kier alpha value is -3.31. The lowest BCUT2D eigenvalue weighted by molar-refractivity contribution is -0.150. The summed E-state index contributed by atoms with van der Waals surface area (Å²) in [6.07, 6.45) is -1.50. The van der Waals surface area contributed by atoms with Crippen LogP contribution in [0.4, 0.5) is 4.39 Å². The zero-order valence-corrected chi connectivity index (χ0v) is 16.0. The highest BCUT2D eigenvalue weighted by Gasteiger charge is 2.38. The van der Waals surface area contributed by atoms with Gasteiger partial charge in [-0.3, -0.25) is 23.9 Å². The first-order valence-corrected chi connectivity index (χ1v) is 9.10. The van der Waals surface area contributed by atoms with Gasteiger partial charge in [-0.25, -0.2) is 9.18 Å². The number of aromatic amines is 1. The van der Waals surface area contributed by atoms with Crippen molar-refractivity contribution >= 4 is 11.9 Å². The summed E-state index contributed by atoms with van der Waals surface area (Å²) in [7, 11) is 0. The number of hydrogen-bond donors (Lipinski definition) is 3. The van der Waals surface area contributed by atoms with Crippen LogP contribution in [0.2, 0.25) is 0 Å². The first-order chi connectivity index (χ1) is 14.3. The molecule has 2 aromatic rings. The number of halogens is 1. The Morgan fingerprint density at radius 2 is 2.03 bits per heavy atom. The number of aliphatic hydroxyl groups excluding tert-OH is 1. The quantitative estimate of drug-likeness (QED) is 0.550. The predicted octanol–water partition coefficient (Wildman–Crippen LogP) is -0.183. The highest BCUT2D eigenvalue weighted by Crippen LogP contribution is 2.29. The zero-order valence-electron chi connectivity index (χ0n) is 16.0. The van der Waals surface area contributed by atoms with Gasteiger partial charge in [0.15, 0.2) is 0 Å². The number of nitrogens with zero attached hydrogens (tertiary/aromatic N) is 1. The largest absolute Gasteiger partial charge is 0.460 e. The van der Waals surface area contributed by atoms with E-state index in [0.717, 1.165) is 10.8 Å². The Bertz CT molecular complexity index is 1050. The predicted molar refractivity (Wildman–Crippen MR) is 100 cm³/mol. The molecule has 11 heteroatoms. The molecule has 0 saturated carbocycles. The first-order valence-electron chi connectivity index (χ1n) is 9.10. The van der Waals surface area contributed by atoms with Crippen molar-refractivity contribution in [1.29, 1.82) is 0 Å². The van der Waals surface area contributed by atoms with E-state index in [1.807, 2.05) is 0 Å². The van der Waals surface area contributed by atoms with Crippen molar-refractivity contribution in [2.75, 3.05) is 6.61 Å². The Kier molecular flexibility index (Phi) is 6.43. The number of carbonyl (C=O) groups excluding carboxylic acids is 2. The van der Waals surface area contributed by atoms with E-state index in [2.05, 4.69) is 10.3 Å². The minimum Gasteiger partial charge on any atom is -0.460 e. The van der Waals surface area contributed by atoms with Gasteiger partial charge in [-0.15, -0.1) is 0 Å². The van der Waals surface area contributed by atoms with Crippen molar-refractivity contribution in [3.8, 4) is 0 Å². The lowest BCUT2D eigenvalue weighted by Gasteiger charge is -2.15. The fraction of sp³-hybridized carbons (Fsp3) is 0.368. The summed E-state index contributed by atoms with van der Waals surface area (Å²) in [6.45, 7) is 0.799. The summed E-state index contributed by atoms with van der Waals surface area (Å²) in [5, 5.41) is 11.9. The Balaban J connectivity index is 1.79. The molecule has 2 heterocycles. The minimum absolute atomic E-state index is 0.0404. The maximum atomic E-state index is 13.0. The highest BCUT2D eigenvalue weighted by atomic mass is 19.1. The second-order valence-electron chi connectivity index (χ2n) is 6.71. The van der Waals surface area contributed by atoms with Crippen LogP contribution in [-0.4, -0.2) is 45.3 Å². The van der Waals surface area contributed by atoms with Crippen LogP contribution in [0.25, 0.3) is 0 Å². The van der Waals surface area contributed by atoms with Gasteiger partial charge in [0.2, 0.25) is 0 Å². The molecule has 1 aliphatic rings. The highest BCUT2D eigenvalue weighted by molar-refractivity contribution is 5.93. The molecule has 30 heavy (non-hydrogen) atoms. The van der Waals surface area contributed by atoms with Crippen molar-refractivity contribution in [3.05, 3.63) is 68.2 Å². The second kappa shape index (κ2) is 9.01. The molecule has 0 aliphatic carbocycles. The van der Waals surface area contributed by atoms with Crippen molar-refractivity contribution in [2.24, 2.45) is 0 Å². The molecule has 1 aromatic carbocycles. The van der Waals surface area contributed by atoms with Gasteiger partial charge in [-0.05, 0) is 17.7 Å². The average molecular weight is 421 g/mol. The number of rotatable bonds is 6. The molecule has 1 aromatic heterocycles. The topological polar surface area (TPSA) is 140 Å². The van der Waals surface area contributed by atoms with Crippen molar-refractivity contribution < 1.29 is 28.6 Å². The van der Waals surface area contributed by atoms with Gasteiger partial charge in [0.25, 0.3) is 11.5 Å². The Morgan fingerprint density at radius 3 is 2.67 bits per heavy atom. The number of H-pyrrole nitrogens is 1. The maximum absolute atomic E-state index is 13.0. The molecule has 3 unspecified atom stereocenters. The van der Waals surface area contributed by atoms with Crippen molar-refractivity contribution in [2.45, 2.75) is 38.3 Å². The van der Waals surface area contributed by atoms with Crippen LogP contribution in [0, 0.1) is 5.82 Å². The van der Waals surface area contributed by atoms with Crippen molar-refractivity contribution in [1.82, 2.24) is 14.9 Å². The number of amides is 1. The fourth-order valence-electron chi connectivity index (χ4n) is 3.11. The van der Waals surface area contributed by atoms with Crippen LogP contribution in [0.5, 0.6) is 0 Å². The molecule has 1 aliphatic heterocycles. The SMILES string of the molecule is CC(=O)OC1CC(n2cc(C(=O)NCc3ccc(F)cc3)c(=O)[nH]c2=O)OC1CO. The van der Waals surface area contributed by atoms with Crippen molar-refractivity contribution in [3.63, 3.8) is 0 Å².